The van der Waals surface area contributed by atoms with Crippen molar-refractivity contribution in [2.75, 3.05) is 6.54 Å². The highest BCUT2D eigenvalue weighted by Crippen LogP contribution is 2.50. The van der Waals surface area contributed by atoms with Gasteiger partial charge in [-0.2, -0.15) is 0 Å². The summed E-state index contributed by atoms with van der Waals surface area (Å²) >= 11 is 6.20. The Morgan fingerprint density at radius 2 is 2.14 bits per heavy atom. The molecule has 5 heteroatoms. The Labute approximate surface area is 134 Å². The molecular formula is C17H17ClN2O2. The smallest absolute Gasteiger partial charge is 0.415 e. The van der Waals surface area contributed by atoms with Crippen molar-refractivity contribution in [1.82, 2.24) is 4.90 Å². The number of hydrogen-bond acceptors (Lipinski definition) is 3. The van der Waals surface area contributed by atoms with E-state index in [4.69, 9.17) is 21.3 Å². The number of rotatable bonds is 0. The molecule has 0 radical (unpaired) electrons. The second-order valence-corrected chi connectivity index (χ2v) is 7.08. The zero-order valence-electron chi connectivity index (χ0n) is 12.8. The van der Waals surface area contributed by atoms with Crippen LogP contribution in [0.3, 0.4) is 0 Å². The van der Waals surface area contributed by atoms with Crippen LogP contribution in [-0.4, -0.2) is 28.9 Å². The lowest BCUT2D eigenvalue weighted by atomic mass is 9.72. The number of benzene rings is 1. The first-order valence-corrected chi connectivity index (χ1v) is 7.81. The average molecular weight is 317 g/mol. The fraction of sp³-hybridized carbons (Fsp3) is 0.412. The summed E-state index contributed by atoms with van der Waals surface area (Å²) in [6, 6.07) is 5.82. The van der Waals surface area contributed by atoms with E-state index in [1.54, 1.807) is 4.90 Å². The first-order valence-electron chi connectivity index (χ1n) is 7.43. The lowest BCUT2D eigenvalue weighted by molar-refractivity contribution is 0.0937. The molecule has 1 saturated heterocycles. The SMILES string of the molecule is CC1=Nc2ccc(Cl)cc2C12C=C1N(CC2)C(=O)OC1(C)C. The number of fused-ring (bicyclic) bond motifs is 3. The van der Waals surface area contributed by atoms with Crippen molar-refractivity contribution in [3.63, 3.8) is 0 Å². The van der Waals surface area contributed by atoms with Gasteiger partial charge in [0.25, 0.3) is 0 Å². The van der Waals surface area contributed by atoms with Crippen molar-refractivity contribution in [3.8, 4) is 0 Å². The molecule has 1 spiro atoms. The molecule has 1 fully saturated rings. The molecule has 4 rings (SSSR count). The Morgan fingerprint density at radius 3 is 2.91 bits per heavy atom. The number of carbonyl (C=O) groups is 1. The van der Waals surface area contributed by atoms with Crippen LogP contribution in [0.4, 0.5) is 10.5 Å². The summed E-state index contributed by atoms with van der Waals surface area (Å²) in [7, 11) is 0. The molecule has 1 aromatic rings. The second-order valence-electron chi connectivity index (χ2n) is 6.64. The number of ether oxygens (including phenoxy) is 1. The van der Waals surface area contributed by atoms with Gasteiger partial charge < -0.3 is 4.74 Å². The van der Waals surface area contributed by atoms with Gasteiger partial charge >= 0.3 is 6.09 Å². The topological polar surface area (TPSA) is 41.9 Å². The number of allylic oxidation sites excluding steroid dienone is 1. The van der Waals surface area contributed by atoms with E-state index >= 15 is 0 Å². The lowest BCUT2D eigenvalue weighted by Gasteiger charge is -2.36. The van der Waals surface area contributed by atoms with Crippen LogP contribution in [0.15, 0.2) is 35.0 Å². The van der Waals surface area contributed by atoms with Crippen LogP contribution in [0.25, 0.3) is 0 Å². The molecule has 114 valence electrons. The minimum absolute atomic E-state index is 0.259. The van der Waals surface area contributed by atoms with E-state index in [0.29, 0.717) is 11.6 Å². The third-order valence-electron chi connectivity index (χ3n) is 4.96. The Kier molecular flexibility index (Phi) is 2.60. The average Bonchev–Trinajstić information content (AvgIpc) is 2.84. The van der Waals surface area contributed by atoms with E-state index in [2.05, 4.69) is 6.08 Å². The van der Waals surface area contributed by atoms with Crippen LogP contribution in [0, 0.1) is 0 Å². The van der Waals surface area contributed by atoms with Gasteiger partial charge in [0, 0.05) is 17.3 Å². The number of hydrogen-bond donors (Lipinski definition) is 0. The van der Waals surface area contributed by atoms with Gasteiger partial charge in [-0.05, 0) is 57.0 Å². The molecule has 1 aromatic carbocycles. The lowest BCUT2D eigenvalue weighted by Crippen LogP contribution is -2.42. The summed E-state index contributed by atoms with van der Waals surface area (Å²) in [5, 5.41) is 0.710. The fourth-order valence-electron chi connectivity index (χ4n) is 3.74. The molecule has 0 aromatic heterocycles. The van der Waals surface area contributed by atoms with Crippen LogP contribution in [0.2, 0.25) is 5.02 Å². The zero-order chi connectivity index (χ0) is 15.7. The van der Waals surface area contributed by atoms with Crippen LogP contribution in [0.5, 0.6) is 0 Å². The van der Waals surface area contributed by atoms with E-state index in [9.17, 15) is 4.79 Å². The summed E-state index contributed by atoms with van der Waals surface area (Å²) in [4.78, 5) is 18.5. The molecule has 22 heavy (non-hydrogen) atoms. The summed E-state index contributed by atoms with van der Waals surface area (Å²) in [6.45, 7) is 6.53. The molecule has 3 aliphatic heterocycles. The predicted octanol–water partition coefficient (Wildman–Crippen LogP) is 4.20. The minimum atomic E-state index is -0.605. The summed E-state index contributed by atoms with van der Waals surface area (Å²) < 4.78 is 5.50. The Bertz CT molecular complexity index is 766. The van der Waals surface area contributed by atoms with Gasteiger partial charge in [0.05, 0.1) is 16.8 Å². The summed E-state index contributed by atoms with van der Waals surface area (Å²) in [6.07, 6.45) is 2.69. The molecule has 1 unspecified atom stereocenters. The Hall–Kier alpha value is -1.81. The number of nitrogens with zero attached hydrogens (tertiary/aromatic N) is 2. The van der Waals surface area contributed by atoms with E-state index in [0.717, 1.165) is 29.1 Å². The third-order valence-corrected chi connectivity index (χ3v) is 5.19. The van der Waals surface area contributed by atoms with Gasteiger partial charge in [-0.25, -0.2) is 4.79 Å². The van der Waals surface area contributed by atoms with Crippen LogP contribution in [0.1, 0.15) is 32.8 Å². The minimum Gasteiger partial charge on any atom is -0.437 e. The first-order chi connectivity index (χ1) is 10.3. The van der Waals surface area contributed by atoms with Crippen molar-refractivity contribution in [1.29, 1.82) is 0 Å². The van der Waals surface area contributed by atoms with Crippen molar-refractivity contribution >= 4 is 29.1 Å². The zero-order valence-corrected chi connectivity index (χ0v) is 13.6. The molecule has 0 aliphatic carbocycles. The summed E-state index contributed by atoms with van der Waals surface area (Å²) in [5.41, 5.74) is 3.18. The highest BCUT2D eigenvalue weighted by molar-refractivity contribution is 6.30. The fourth-order valence-corrected chi connectivity index (χ4v) is 3.91. The highest BCUT2D eigenvalue weighted by atomic mass is 35.5. The Balaban J connectivity index is 1.93. The van der Waals surface area contributed by atoms with E-state index < -0.39 is 5.60 Å². The number of aliphatic imine (C=N–C) groups is 1. The van der Waals surface area contributed by atoms with E-state index in [-0.39, 0.29) is 11.5 Å². The van der Waals surface area contributed by atoms with Gasteiger partial charge in [0.15, 0.2) is 0 Å². The van der Waals surface area contributed by atoms with Crippen molar-refractivity contribution in [3.05, 3.63) is 40.6 Å². The molecule has 4 nitrogen and oxygen atoms in total. The molecule has 0 bridgehead atoms. The maximum absolute atomic E-state index is 12.0. The monoisotopic (exact) mass is 316 g/mol. The number of amides is 1. The van der Waals surface area contributed by atoms with Gasteiger partial charge in [0.2, 0.25) is 0 Å². The Morgan fingerprint density at radius 1 is 1.36 bits per heavy atom. The van der Waals surface area contributed by atoms with Crippen molar-refractivity contribution in [2.24, 2.45) is 4.99 Å². The molecule has 1 amide bonds. The molecule has 3 aliphatic rings. The van der Waals surface area contributed by atoms with Crippen LogP contribution >= 0.6 is 11.6 Å². The molecule has 3 heterocycles. The molecule has 1 atom stereocenters. The number of halogens is 1. The molecule has 0 saturated carbocycles. The maximum Gasteiger partial charge on any atom is 0.415 e. The second kappa shape index (κ2) is 4.13. The van der Waals surface area contributed by atoms with Crippen molar-refractivity contribution in [2.45, 2.75) is 38.2 Å². The number of cyclic esters (lactones) is 1. The number of carbonyl (C=O) groups excluding carboxylic acids is 1. The normalized spacial score (nSPS) is 28.2. The van der Waals surface area contributed by atoms with E-state index in [1.807, 2.05) is 39.0 Å². The maximum atomic E-state index is 12.0. The quantitative estimate of drug-likeness (QED) is 0.719. The van der Waals surface area contributed by atoms with Gasteiger partial charge in [0.1, 0.15) is 5.60 Å². The van der Waals surface area contributed by atoms with Gasteiger partial charge in [-0.15, -0.1) is 0 Å². The first kappa shape index (κ1) is 13.8. The standard InChI is InChI=1S/C17H17ClN2O2/c1-10-17(12-8-11(18)4-5-13(12)19-10)6-7-20-14(9-17)16(2,3)22-15(20)21/h4-5,8-9H,6-7H2,1-3H3. The summed E-state index contributed by atoms with van der Waals surface area (Å²) in [5.74, 6) is 0. The van der Waals surface area contributed by atoms with Crippen molar-refractivity contribution < 1.29 is 9.53 Å². The largest absolute Gasteiger partial charge is 0.437 e. The van der Waals surface area contributed by atoms with Gasteiger partial charge in [-0.3, -0.25) is 9.89 Å². The van der Waals surface area contributed by atoms with E-state index in [1.165, 1.54) is 0 Å². The predicted molar refractivity (Wildman–Crippen MR) is 85.9 cm³/mol. The molecule has 0 N–H and O–H groups in total. The highest BCUT2D eigenvalue weighted by Gasteiger charge is 2.51. The molecular weight excluding hydrogens is 300 g/mol. The van der Waals surface area contributed by atoms with Crippen LogP contribution in [-0.2, 0) is 10.2 Å². The van der Waals surface area contributed by atoms with Crippen LogP contribution < -0.4 is 0 Å². The third kappa shape index (κ3) is 1.64. The van der Waals surface area contributed by atoms with Gasteiger partial charge in [-0.1, -0.05) is 11.6 Å².